The van der Waals surface area contributed by atoms with Crippen LogP contribution in [-0.4, -0.2) is 69.4 Å². The molecule has 1 N–H and O–H groups in total. The highest BCUT2D eigenvalue weighted by molar-refractivity contribution is 7.45. The zero-order valence-corrected chi connectivity index (χ0v) is 60.5. The summed E-state index contributed by atoms with van der Waals surface area (Å²) in [5.74, 6) is -0.530. The molecule has 89 heavy (non-hydrogen) atoms. The molecule has 0 spiro atoms. The van der Waals surface area contributed by atoms with Crippen LogP contribution in [-0.2, 0) is 27.9 Å². The molecule has 1 amide bonds. The van der Waals surface area contributed by atoms with Crippen LogP contribution in [0.25, 0.3) is 0 Å². The molecule has 0 radical (unpaired) electrons. The normalized spacial score (nSPS) is 13.8. The van der Waals surface area contributed by atoms with E-state index in [-0.39, 0.29) is 31.5 Å². The van der Waals surface area contributed by atoms with Gasteiger partial charge in [-0.15, -0.1) is 0 Å². The first kappa shape index (κ1) is 86.5. The summed E-state index contributed by atoms with van der Waals surface area (Å²) in [5.41, 5.74) is 0. The summed E-state index contributed by atoms with van der Waals surface area (Å²) in [4.78, 5) is 40.3. The maximum atomic E-state index is 13.6. The second-order valence-corrected chi connectivity index (χ2v) is 28.5. The van der Waals surface area contributed by atoms with Crippen LogP contribution >= 0.6 is 7.82 Å². The second-order valence-electron chi connectivity index (χ2n) is 27.1. The Morgan fingerprint density at radius 2 is 0.719 bits per heavy atom. The number of hydrogen-bond donors (Lipinski definition) is 1. The first-order valence-electron chi connectivity index (χ1n) is 38.2. The number of carbonyl (C=O) groups excluding carboxylic acids is 2. The zero-order valence-electron chi connectivity index (χ0n) is 59.6. The molecule has 0 bridgehead atoms. The Morgan fingerprint density at radius 3 is 1.08 bits per heavy atom. The Morgan fingerprint density at radius 1 is 0.404 bits per heavy atom. The first-order chi connectivity index (χ1) is 43.4. The van der Waals surface area contributed by atoms with Crippen LogP contribution in [0.3, 0.4) is 0 Å². The fraction of sp³-hybridized carbons (Fsp3) is 0.823. The molecule has 520 valence electrons. The largest absolute Gasteiger partial charge is 0.756 e. The molecule has 9 nitrogen and oxygen atoms in total. The number of rotatable bonds is 70. The van der Waals surface area contributed by atoms with Crippen molar-refractivity contribution in [3.63, 3.8) is 0 Å². The predicted molar refractivity (Wildman–Crippen MR) is 385 cm³/mol. The Kier molecular flexibility index (Phi) is 66.4. The van der Waals surface area contributed by atoms with Gasteiger partial charge < -0.3 is 28.5 Å². The molecule has 0 aromatic heterocycles. The molecular formula is C79H147N2O7P. The minimum Gasteiger partial charge on any atom is -0.756 e. The predicted octanol–water partition coefficient (Wildman–Crippen LogP) is 24.1. The van der Waals surface area contributed by atoms with Crippen molar-refractivity contribution in [1.29, 1.82) is 0 Å². The number of unbranched alkanes of at least 4 members (excludes halogenated alkanes) is 44. The van der Waals surface area contributed by atoms with E-state index in [4.69, 9.17) is 13.8 Å². The van der Waals surface area contributed by atoms with E-state index in [1.807, 2.05) is 33.3 Å². The topological polar surface area (TPSA) is 114 Å². The van der Waals surface area contributed by atoms with Gasteiger partial charge in [0, 0.05) is 12.8 Å². The van der Waals surface area contributed by atoms with Crippen molar-refractivity contribution < 1.29 is 37.3 Å². The van der Waals surface area contributed by atoms with Gasteiger partial charge in [-0.2, -0.15) is 0 Å². The summed E-state index contributed by atoms with van der Waals surface area (Å²) in [6.45, 7) is 6.78. The number of allylic oxidation sites excluding steroid dienone is 11. The van der Waals surface area contributed by atoms with Crippen molar-refractivity contribution in [2.75, 3.05) is 40.9 Å². The van der Waals surface area contributed by atoms with Gasteiger partial charge in [-0.05, 0) is 76.7 Å². The van der Waals surface area contributed by atoms with Gasteiger partial charge >= 0.3 is 5.97 Å². The van der Waals surface area contributed by atoms with Gasteiger partial charge in [0.2, 0.25) is 5.91 Å². The van der Waals surface area contributed by atoms with E-state index in [0.29, 0.717) is 17.4 Å². The number of likely N-dealkylation sites (N-methyl/N-ethyl adjacent to an activating group) is 1. The summed E-state index contributed by atoms with van der Waals surface area (Å²) in [5, 5.41) is 3.05. The molecule has 0 aromatic carbocycles. The molecule has 0 fully saturated rings. The third-order valence-corrected chi connectivity index (χ3v) is 18.1. The fourth-order valence-corrected chi connectivity index (χ4v) is 12.0. The van der Waals surface area contributed by atoms with Gasteiger partial charge in [0.15, 0.2) is 0 Å². The van der Waals surface area contributed by atoms with Gasteiger partial charge in [-0.25, -0.2) is 0 Å². The van der Waals surface area contributed by atoms with Crippen molar-refractivity contribution in [2.24, 2.45) is 0 Å². The van der Waals surface area contributed by atoms with Crippen LogP contribution in [0, 0.1) is 0 Å². The molecule has 3 unspecified atom stereocenters. The van der Waals surface area contributed by atoms with E-state index >= 15 is 0 Å². The Hall–Kier alpha value is -2.55. The van der Waals surface area contributed by atoms with E-state index in [1.165, 1.54) is 238 Å². The van der Waals surface area contributed by atoms with E-state index in [9.17, 15) is 19.0 Å². The molecule has 0 aromatic rings. The van der Waals surface area contributed by atoms with Crippen LogP contribution < -0.4 is 10.2 Å². The lowest BCUT2D eigenvalue weighted by molar-refractivity contribution is -0.870. The number of ether oxygens (including phenoxy) is 1. The molecule has 0 rings (SSSR count). The lowest BCUT2D eigenvalue weighted by atomic mass is 10.0. The van der Waals surface area contributed by atoms with E-state index in [1.54, 1.807) is 0 Å². The van der Waals surface area contributed by atoms with E-state index in [0.717, 1.165) is 96.3 Å². The number of hydrogen-bond acceptors (Lipinski definition) is 7. The average Bonchev–Trinajstić information content (AvgIpc) is 3.70. The van der Waals surface area contributed by atoms with Gasteiger partial charge in [0.25, 0.3) is 7.82 Å². The number of amides is 1. The molecular weight excluding hydrogens is 1120 g/mol. The van der Waals surface area contributed by atoms with Crippen molar-refractivity contribution >= 4 is 19.7 Å². The van der Waals surface area contributed by atoms with Crippen LogP contribution in [0.2, 0.25) is 0 Å². The summed E-state index contributed by atoms with van der Waals surface area (Å²) >= 11 is 0. The number of nitrogens with one attached hydrogen (secondary N) is 1. The molecule has 0 saturated heterocycles. The van der Waals surface area contributed by atoms with Crippen LogP contribution in [0.5, 0.6) is 0 Å². The van der Waals surface area contributed by atoms with Crippen LogP contribution in [0.4, 0.5) is 0 Å². The molecule has 0 saturated carbocycles. The quantitative estimate of drug-likeness (QED) is 0.0212. The lowest BCUT2D eigenvalue weighted by Gasteiger charge is -2.30. The van der Waals surface area contributed by atoms with Crippen molar-refractivity contribution in [1.82, 2.24) is 5.32 Å². The minimum absolute atomic E-state index is 0.0229. The molecule has 0 aliphatic rings. The van der Waals surface area contributed by atoms with Crippen molar-refractivity contribution in [2.45, 2.75) is 380 Å². The van der Waals surface area contributed by atoms with E-state index in [2.05, 4.69) is 86.8 Å². The Labute approximate surface area is 553 Å². The summed E-state index contributed by atoms with van der Waals surface area (Å²) in [6.07, 6.45) is 90.5. The summed E-state index contributed by atoms with van der Waals surface area (Å²) in [6, 6.07) is -0.891. The van der Waals surface area contributed by atoms with Gasteiger partial charge in [0.1, 0.15) is 19.3 Å². The van der Waals surface area contributed by atoms with Crippen molar-refractivity contribution in [3.05, 3.63) is 72.9 Å². The number of carbonyl (C=O) groups is 2. The SMILES string of the molecule is CC/C=C\C/C=C\C/C=C\C/C=C\C/C=C\CCCCCCCCCCCCCC(=O)NC(COP(=O)([O-])OCC[N+](C)(C)C)C(/C=C/CCCCCCCCCCC)OC(=O)CCCCCCCCCCCCCCCCCCCCCCCCCCC. The smallest absolute Gasteiger partial charge is 0.306 e. The number of phosphoric ester groups is 1. The second kappa shape index (κ2) is 68.3. The minimum atomic E-state index is -4.71. The standard InChI is InChI=1S/C79H147N2O7P/c1-7-10-13-16-19-22-25-27-29-31-33-35-37-39-40-42-43-45-47-49-51-53-56-59-62-65-68-71-78(82)80-76(75-87-89(84,85)86-74-73-81(4,5)6)77(70-67-64-61-58-55-24-21-18-15-12-9-3)88-79(83)72-69-66-63-60-57-54-52-50-48-46-44-41-38-36-34-32-30-28-26-23-20-17-14-11-8-2/h10,13,19,22,27,29,33,35,39-40,67,70,76-77H,7-9,11-12,14-18,20-21,23-26,28,30-32,34,36-38,41-66,68-69,71-75H2,1-6H3,(H-,80,82,84,85)/b13-10-,22-19-,29-27-,35-33-,40-39-,70-67+. The molecule has 10 heteroatoms. The summed E-state index contributed by atoms with van der Waals surface area (Å²) in [7, 11) is 1.19. The van der Waals surface area contributed by atoms with Gasteiger partial charge in [0.05, 0.1) is 33.8 Å². The maximum Gasteiger partial charge on any atom is 0.306 e. The monoisotopic (exact) mass is 1270 g/mol. The third kappa shape index (κ3) is 69.6. The molecule has 0 aliphatic heterocycles. The number of esters is 1. The highest BCUT2D eigenvalue weighted by Crippen LogP contribution is 2.38. The lowest BCUT2D eigenvalue weighted by Crippen LogP contribution is -2.47. The summed E-state index contributed by atoms with van der Waals surface area (Å²) < 4.78 is 30.5. The molecule has 0 heterocycles. The van der Waals surface area contributed by atoms with E-state index < -0.39 is 20.0 Å². The Bertz CT molecular complexity index is 1750. The number of nitrogens with zero attached hydrogens (tertiary/aromatic N) is 1. The number of quaternary nitrogens is 1. The zero-order chi connectivity index (χ0) is 64.9. The fourth-order valence-electron chi connectivity index (χ4n) is 11.3. The Balaban J connectivity index is 4.91. The maximum absolute atomic E-state index is 13.6. The van der Waals surface area contributed by atoms with Crippen LogP contribution in [0.15, 0.2) is 72.9 Å². The van der Waals surface area contributed by atoms with Gasteiger partial charge in [-0.3, -0.25) is 14.2 Å². The van der Waals surface area contributed by atoms with Crippen LogP contribution in [0.1, 0.15) is 367 Å². The highest BCUT2D eigenvalue weighted by Gasteiger charge is 2.27. The third-order valence-electron chi connectivity index (χ3n) is 17.2. The number of phosphoric acid groups is 1. The molecule has 0 aliphatic carbocycles. The van der Waals surface area contributed by atoms with Crippen molar-refractivity contribution in [3.8, 4) is 0 Å². The molecule has 3 atom stereocenters. The average molecular weight is 1270 g/mol. The first-order valence-corrected chi connectivity index (χ1v) is 39.7. The van der Waals surface area contributed by atoms with Gasteiger partial charge in [-0.1, -0.05) is 351 Å². The highest BCUT2D eigenvalue weighted by atomic mass is 31.2.